The van der Waals surface area contributed by atoms with Crippen LogP contribution in [0.2, 0.25) is 0 Å². The van der Waals surface area contributed by atoms with E-state index in [0.717, 1.165) is 52.1 Å². The van der Waals surface area contributed by atoms with E-state index in [1.54, 1.807) is 0 Å². The molecule has 0 saturated carbocycles. The van der Waals surface area contributed by atoms with Crippen LogP contribution in [0.1, 0.15) is 26.2 Å². The Morgan fingerprint density at radius 1 is 1.35 bits per heavy atom. The van der Waals surface area contributed by atoms with Crippen LogP contribution in [0.3, 0.4) is 0 Å². The van der Waals surface area contributed by atoms with Crippen LogP contribution in [0, 0.1) is 0 Å². The highest BCUT2D eigenvalue weighted by Gasteiger charge is 2.19. The molecular weight excluding hydrogens is 218 g/mol. The third-order valence-electron chi connectivity index (χ3n) is 2.76. The van der Waals surface area contributed by atoms with Gasteiger partial charge in [0.05, 0.1) is 6.04 Å². The highest BCUT2D eigenvalue weighted by molar-refractivity contribution is 5.82. The van der Waals surface area contributed by atoms with Crippen LogP contribution in [0.5, 0.6) is 0 Å². The topological polar surface area (TPSA) is 62.4 Å². The quantitative estimate of drug-likeness (QED) is 0.520. The highest BCUT2D eigenvalue weighted by atomic mass is 16.5. The van der Waals surface area contributed by atoms with E-state index in [4.69, 9.17) is 4.74 Å². The van der Waals surface area contributed by atoms with Gasteiger partial charge in [-0.3, -0.25) is 4.79 Å². The minimum Gasteiger partial charge on any atom is -0.381 e. The molecule has 5 nitrogen and oxygen atoms in total. The van der Waals surface area contributed by atoms with Gasteiger partial charge >= 0.3 is 0 Å². The highest BCUT2D eigenvalue weighted by Crippen LogP contribution is 1.90. The number of hydrogen-bond donors (Lipinski definition) is 3. The zero-order chi connectivity index (χ0) is 12.3. The predicted molar refractivity (Wildman–Crippen MR) is 68.0 cm³/mol. The summed E-state index contributed by atoms with van der Waals surface area (Å²) in [5.74, 6) is 0.0887. The minimum absolute atomic E-state index is 0.0789. The number of amides is 1. The lowest BCUT2D eigenvalue weighted by Crippen LogP contribution is -2.55. The third-order valence-corrected chi connectivity index (χ3v) is 2.76. The number of carbonyl (C=O) groups is 1. The molecule has 0 aromatic rings. The van der Waals surface area contributed by atoms with Gasteiger partial charge in [0.15, 0.2) is 0 Å². The summed E-state index contributed by atoms with van der Waals surface area (Å²) in [6.07, 6.45) is 3.16. The van der Waals surface area contributed by atoms with Gasteiger partial charge in [0, 0.05) is 39.4 Å². The van der Waals surface area contributed by atoms with Gasteiger partial charge in [0.1, 0.15) is 0 Å². The lowest BCUT2D eigenvalue weighted by molar-refractivity contribution is -0.123. The van der Waals surface area contributed by atoms with Crippen LogP contribution >= 0.6 is 0 Å². The molecule has 3 N–H and O–H groups in total. The van der Waals surface area contributed by atoms with E-state index < -0.39 is 0 Å². The normalized spacial score (nSPS) is 20.2. The second-order valence-corrected chi connectivity index (χ2v) is 4.32. The minimum atomic E-state index is -0.0789. The molecule has 0 aliphatic carbocycles. The molecule has 1 rings (SSSR count). The summed E-state index contributed by atoms with van der Waals surface area (Å²) < 4.78 is 5.42. The zero-order valence-electron chi connectivity index (χ0n) is 10.8. The Morgan fingerprint density at radius 2 is 2.18 bits per heavy atom. The van der Waals surface area contributed by atoms with Gasteiger partial charge < -0.3 is 20.7 Å². The maximum absolute atomic E-state index is 11.7. The van der Waals surface area contributed by atoms with Gasteiger partial charge in [-0.05, 0) is 12.8 Å². The van der Waals surface area contributed by atoms with Crippen LogP contribution in [0.4, 0.5) is 0 Å². The third kappa shape index (κ3) is 6.61. The summed E-state index contributed by atoms with van der Waals surface area (Å²) in [7, 11) is 0. The molecule has 1 amide bonds. The molecule has 1 unspecified atom stereocenters. The first-order valence-corrected chi connectivity index (χ1v) is 6.64. The molecule has 1 aliphatic heterocycles. The van der Waals surface area contributed by atoms with E-state index in [1.165, 1.54) is 0 Å². The van der Waals surface area contributed by atoms with Gasteiger partial charge in [-0.15, -0.1) is 0 Å². The number of piperazine rings is 1. The van der Waals surface area contributed by atoms with Crippen molar-refractivity contribution in [1.29, 1.82) is 0 Å². The monoisotopic (exact) mass is 243 g/mol. The van der Waals surface area contributed by atoms with Crippen molar-refractivity contribution >= 4 is 5.91 Å². The Labute approximate surface area is 104 Å². The Kier molecular flexibility index (Phi) is 7.96. The van der Waals surface area contributed by atoms with Gasteiger partial charge in [0.25, 0.3) is 0 Å². The first-order chi connectivity index (χ1) is 8.34. The van der Waals surface area contributed by atoms with Crippen molar-refractivity contribution in [3.05, 3.63) is 0 Å². The van der Waals surface area contributed by atoms with E-state index >= 15 is 0 Å². The van der Waals surface area contributed by atoms with E-state index in [9.17, 15) is 4.79 Å². The van der Waals surface area contributed by atoms with Crippen molar-refractivity contribution in [3.63, 3.8) is 0 Å². The molecule has 1 aliphatic rings. The Bertz CT molecular complexity index is 206. The summed E-state index contributed by atoms with van der Waals surface area (Å²) in [6.45, 7) is 6.93. The molecule has 0 aromatic heterocycles. The van der Waals surface area contributed by atoms with Crippen molar-refractivity contribution in [2.45, 2.75) is 32.2 Å². The fraction of sp³-hybridized carbons (Fsp3) is 0.917. The summed E-state index contributed by atoms with van der Waals surface area (Å²) in [5, 5.41) is 9.30. The van der Waals surface area contributed by atoms with Gasteiger partial charge in [-0.25, -0.2) is 0 Å². The maximum Gasteiger partial charge on any atom is 0.238 e. The van der Waals surface area contributed by atoms with Crippen LogP contribution in [-0.2, 0) is 9.53 Å². The van der Waals surface area contributed by atoms with Crippen molar-refractivity contribution in [2.75, 3.05) is 39.4 Å². The zero-order valence-corrected chi connectivity index (χ0v) is 10.8. The Morgan fingerprint density at radius 3 is 2.88 bits per heavy atom. The van der Waals surface area contributed by atoms with Crippen molar-refractivity contribution < 1.29 is 9.53 Å². The molecular formula is C12H25N3O2. The molecule has 100 valence electrons. The lowest BCUT2D eigenvalue weighted by atomic mass is 10.2. The summed E-state index contributed by atoms with van der Waals surface area (Å²) in [6, 6.07) is -0.0789. The smallest absolute Gasteiger partial charge is 0.238 e. The Hall–Kier alpha value is -0.650. The van der Waals surface area contributed by atoms with E-state index in [-0.39, 0.29) is 11.9 Å². The van der Waals surface area contributed by atoms with Crippen LogP contribution in [0.25, 0.3) is 0 Å². The second kappa shape index (κ2) is 9.39. The largest absolute Gasteiger partial charge is 0.381 e. The van der Waals surface area contributed by atoms with Crippen LogP contribution < -0.4 is 16.0 Å². The van der Waals surface area contributed by atoms with Crippen LogP contribution in [-0.4, -0.2) is 51.3 Å². The first kappa shape index (κ1) is 14.4. The second-order valence-electron chi connectivity index (χ2n) is 4.32. The molecule has 0 aromatic carbocycles. The Balaban J connectivity index is 1.92. The molecule has 1 fully saturated rings. The molecule has 1 heterocycles. The van der Waals surface area contributed by atoms with Crippen molar-refractivity contribution in [2.24, 2.45) is 0 Å². The molecule has 1 saturated heterocycles. The van der Waals surface area contributed by atoms with Gasteiger partial charge in [-0.1, -0.05) is 13.3 Å². The van der Waals surface area contributed by atoms with E-state index in [1.807, 2.05) is 0 Å². The summed E-state index contributed by atoms with van der Waals surface area (Å²) >= 11 is 0. The standard InChI is InChI=1S/C12H25N3O2/c1-2-3-8-17-9-4-5-15-12(16)11-10-13-6-7-14-11/h11,13-14H,2-10H2,1H3,(H,15,16). The van der Waals surface area contributed by atoms with Crippen molar-refractivity contribution in [1.82, 2.24) is 16.0 Å². The number of hydrogen-bond acceptors (Lipinski definition) is 4. The van der Waals surface area contributed by atoms with Gasteiger partial charge in [-0.2, -0.15) is 0 Å². The van der Waals surface area contributed by atoms with E-state index in [2.05, 4.69) is 22.9 Å². The molecule has 1 atom stereocenters. The molecule has 17 heavy (non-hydrogen) atoms. The van der Waals surface area contributed by atoms with Gasteiger partial charge in [0.2, 0.25) is 5.91 Å². The fourth-order valence-electron chi connectivity index (χ4n) is 1.70. The van der Waals surface area contributed by atoms with Crippen molar-refractivity contribution in [3.8, 4) is 0 Å². The molecule has 0 spiro atoms. The van der Waals surface area contributed by atoms with E-state index in [0.29, 0.717) is 6.54 Å². The number of rotatable bonds is 8. The first-order valence-electron chi connectivity index (χ1n) is 6.64. The van der Waals surface area contributed by atoms with Crippen LogP contribution in [0.15, 0.2) is 0 Å². The summed E-state index contributed by atoms with van der Waals surface area (Å²) in [5.41, 5.74) is 0. The number of nitrogens with one attached hydrogen (secondary N) is 3. The summed E-state index contributed by atoms with van der Waals surface area (Å²) in [4.78, 5) is 11.7. The predicted octanol–water partition coefficient (Wildman–Crippen LogP) is -0.129. The maximum atomic E-state index is 11.7. The lowest BCUT2D eigenvalue weighted by Gasteiger charge is -2.23. The number of ether oxygens (including phenoxy) is 1. The molecule has 5 heteroatoms. The number of carbonyl (C=O) groups excluding carboxylic acids is 1. The number of unbranched alkanes of at least 4 members (excludes halogenated alkanes) is 1. The molecule has 0 radical (unpaired) electrons. The average Bonchev–Trinajstić information content (AvgIpc) is 2.38. The fourth-order valence-corrected chi connectivity index (χ4v) is 1.70. The SMILES string of the molecule is CCCCOCCCNC(=O)C1CNCCN1. The average molecular weight is 243 g/mol. The molecule has 0 bridgehead atoms.